The monoisotopic (exact) mass is 227 g/mol. The number of rotatable bonds is 2. The maximum Gasteiger partial charge on any atom is 0.127 e. The quantitative estimate of drug-likeness (QED) is 0.691. The van der Waals surface area contributed by atoms with Crippen LogP contribution in [0, 0.1) is 6.07 Å². The molecular weight excluding hydrogens is 216 g/mol. The lowest BCUT2D eigenvalue weighted by atomic mass is 10.1. The van der Waals surface area contributed by atoms with Crippen molar-refractivity contribution in [1.29, 1.82) is 0 Å². The van der Waals surface area contributed by atoms with Crippen LogP contribution in [-0.4, -0.2) is 15.3 Å². The summed E-state index contributed by atoms with van der Waals surface area (Å²) in [5, 5.41) is 27.6. The second-order valence-electron chi connectivity index (χ2n) is 3.60. The molecule has 2 aromatic carbocycles. The molecule has 3 N–H and O–H groups in total. The molecular formula is C14H11O3. The highest BCUT2D eigenvalue weighted by Crippen LogP contribution is 2.21. The van der Waals surface area contributed by atoms with Crippen LogP contribution < -0.4 is 0 Å². The van der Waals surface area contributed by atoms with E-state index in [4.69, 9.17) is 5.11 Å². The van der Waals surface area contributed by atoms with Gasteiger partial charge in [0.15, 0.2) is 0 Å². The van der Waals surface area contributed by atoms with E-state index in [1.807, 2.05) is 0 Å². The molecule has 3 nitrogen and oxygen atoms in total. The molecule has 0 bridgehead atoms. The smallest absolute Gasteiger partial charge is 0.127 e. The first-order chi connectivity index (χ1) is 8.13. The molecule has 0 fully saturated rings. The van der Waals surface area contributed by atoms with Gasteiger partial charge < -0.3 is 15.3 Å². The van der Waals surface area contributed by atoms with Gasteiger partial charge in [-0.25, -0.2) is 0 Å². The van der Waals surface area contributed by atoms with Gasteiger partial charge in [-0.05, 0) is 29.3 Å². The van der Waals surface area contributed by atoms with Gasteiger partial charge >= 0.3 is 0 Å². The van der Waals surface area contributed by atoms with Crippen LogP contribution in [0.1, 0.15) is 11.1 Å². The van der Waals surface area contributed by atoms with Crippen LogP contribution >= 0.6 is 0 Å². The van der Waals surface area contributed by atoms with Crippen LogP contribution in [0.3, 0.4) is 0 Å². The molecule has 85 valence electrons. The van der Waals surface area contributed by atoms with Crippen LogP contribution in [-0.2, 0) is 0 Å². The fourth-order valence-corrected chi connectivity index (χ4v) is 1.42. The first-order valence-corrected chi connectivity index (χ1v) is 5.06. The van der Waals surface area contributed by atoms with Gasteiger partial charge in [0.05, 0.1) is 0 Å². The van der Waals surface area contributed by atoms with E-state index >= 15 is 0 Å². The zero-order valence-corrected chi connectivity index (χ0v) is 8.96. The minimum Gasteiger partial charge on any atom is -0.508 e. The van der Waals surface area contributed by atoms with E-state index in [2.05, 4.69) is 6.07 Å². The lowest BCUT2D eigenvalue weighted by molar-refractivity contribution is 0.449. The Hall–Kier alpha value is -2.42. The van der Waals surface area contributed by atoms with Crippen LogP contribution in [0.4, 0.5) is 0 Å². The third-order valence-electron chi connectivity index (χ3n) is 2.21. The van der Waals surface area contributed by atoms with Gasteiger partial charge in [0, 0.05) is 12.1 Å². The van der Waals surface area contributed by atoms with Gasteiger partial charge in [0.25, 0.3) is 0 Å². The van der Waals surface area contributed by atoms with Crippen molar-refractivity contribution in [2.75, 3.05) is 0 Å². The normalized spacial score (nSPS) is 10.8. The molecule has 3 heteroatoms. The first-order valence-electron chi connectivity index (χ1n) is 5.06. The summed E-state index contributed by atoms with van der Waals surface area (Å²) < 4.78 is 0. The Balaban J connectivity index is 2.22. The van der Waals surface area contributed by atoms with Crippen molar-refractivity contribution in [3.05, 3.63) is 53.6 Å². The molecule has 2 aromatic rings. The number of phenolic OH excluding ortho intramolecular Hbond substituents is 3. The average Bonchev–Trinajstić information content (AvgIpc) is 2.27. The fourth-order valence-electron chi connectivity index (χ4n) is 1.42. The lowest BCUT2D eigenvalue weighted by Crippen LogP contribution is -1.75. The van der Waals surface area contributed by atoms with Crippen LogP contribution in [0.25, 0.3) is 12.2 Å². The summed E-state index contributed by atoms with van der Waals surface area (Å²) >= 11 is 0. The predicted octanol–water partition coefficient (Wildman–Crippen LogP) is 2.77. The van der Waals surface area contributed by atoms with E-state index in [0.29, 0.717) is 5.56 Å². The maximum absolute atomic E-state index is 9.28. The van der Waals surface area contributed by atoms with Crippen molar-refractivity contribution >= 4 is 12.2 Å². The highest BCUT2D eigenvalue weighted by molar-refractivity contribution is 5.70. The Morgan fingerprint density at radius 1 is 0.824 bits per heavy atom. The van der Waals surface area contributed by atoms with Gasteiger partial charge in [0.2, 0.25) is 0 Å². The maximum atomic E-state index is 9.28. The van der Waals surface area contributed by atoms with Crippen molar-refractivity contribution in [3.63, 3.8) is 0 Å². The van der Waals surface area contributed by atoms with Crippen molar-refractivity contribution in [2.45, 2.75) is 0 Å². The predicted molar refractivity (Wildman–Crippen MR) is 65.6 cm³/mol. The first kappa shape index (κ1) is 11.1. The van der Waals surface area contributed by atoms with Crippen molar-refractivity contribution < 1.29 is 15.3 Å². The van der Waals surface area contributed by atoms with E-state index in [1.165, 1.54) is 12.1 Å². The minimum absolute atomic E-state index is 0.00777. The Bertz CT molecular complexity index is 522. The molecule has 2 rings (SSSR count). The van der Waals surface area contributed by atoms with Gasteiger partial charge in [-0.2, -0.15) is 0 Å². The Morgan fingerprint density at radius 2 is 1.53 bits per heavy atom. The van der Waals surface area contributed by atoms with Gasteiger partial charge in [-0.1, -0.05) is 24.3 Å². The zero-order valence-electron chi connectivity index (χ0n) is 8.96. The van der Waals surface area contributed by atoms with Gasteiger partial charge in [-0.15, -0.1) is 0 Å². The Morgan fingerprint density at radius 3 is 2.18 bits per heavy atom. The van der Waals surface area contributed by atoms with Crippen LogP contribution in [0.5, 0.6) is 17.2 Å². The summed E-state index contributed by atoms with van der Waals surface area (Å²) in [6.07, 6.45) is 3.51. The van der Waals surface area contributed by atoms with E-state index in [-0.39, 0.29) is 17.2 Å². The summed E-state index contributed by atoms with van der Waals surface area (Å²) in [4.78, 5) is 0. The van der Waals surface area contributed by atoms with Gasteiger partial charge in [0.1, 0.15) is 17.2 Å². The van der Waals surface area contributed by atoms with Crippen LogP contribution in [0.2, 0.25) is 0 Å². The minimum atomic E-state index is -0.102. The van der Waals surface area contributed by atoms with Crippen LogP contribution in [0.15, 0.2) is 36.4 Å². The molecule has 0 saturated carbocycles. The summed E-state index contributed by atoms with van der Waals surface area (Å²) in [5.74, 6) is 0.102. The molecule has 0 aliphatic heterocycles. The topological polar surface area (TPSA) is 60.7 Å². The summed E-state index contributed by atoms with van der Waals surface area (Å²) in [6, 6.07) is 12.1. The largest absolute Gasteiger partial charge is 0.508 e. The fraction of sp³-hybridized carbons (Fsp3) is 0. The SMILES string of the molecule is Oc1[c]c(/C=C/c2ccc(O)cc2)cc(O)c1. The van der Waals surface area contributed by atoms with Gasteiger partial charge in [-0.3, -0.25) is 0 Å². The van der Waals surface area contributed by atoms with E-state index < -0.39 is 0 Å². The van der Waals surface area contributed by atoms with E-state index in [0.717, 1.165) is 5.56 Å². The Kier molecular flexibility index (Phi) is 3.01. The van der Waals surface area contributed by atoms with Crippen molar-refractivity contribution in [3.8, 4) is 17.2 Å². The highest BCUT2D eigenvalue weighted by Gasteiger charge is 1.96. The van der Waals surface area contributed by atoms with E-state index in [9.17, 15) is 10.2 Å². The third-order valence-corrected chi connectivity index (χ3v) is 2.21. The second-order valence-corrected chi connectivity index (χ2v) is 3.60. The second kappa shape index (κ2) is 4.61. The number of benzene rings is 2. The molecule has 0 saturated heterocycles. The molecule has 0 aliphatic rings. The average molecular weight is 227 g/mol. The number of hydrogen-bond donors (Lipinski definition) is 3. The molecule has 0 amide bonds. The van der Waals surface area contributed by atoms with Crippen molar-refractivity contribution in [1.82, 2.24) is 0 Å². The van der Waals surface area contributed by atoms with E-state index in [1.54, 1.807) is 36.4 Å². The Labute approximate surface area is 98.9 Å². The highest BCUT2D eigenvalue weighted by atomic mass is 16.3. The molecule has 17 heavy (non-hydrogen) atoms. The molecule has 0 unspecified atom stereocenters. The summed E-state index contributed by atoms with van der Waals surface area (Å²) in [5.41, 5.74) is 1.48. The third kappa shape index (κ3) is 3.01. The molecule has 1 radical (unpaired) electrons. The van der Waals surface area contributed by atoms with Crippen molar-refractivity contribution in [2.24, 2.45) is 0 Å². The number of phenols is 3. The summed E-state index contributed by atoms with van der Waals surface area (Å²) in [7, 11) is 0. The molecule has 0 atom stereocenters. The molecule has 0 aliphatic carbocycles. The zero-order chi connectivity index (χ0) is 12.3. The standard InChI is InChI=1S/C14H11O3/c15-12-5-3-10(4-6-12)1-2-11-7-13(16)9-14(17)8-11/h1-7,9,15-17H/b2-1+. The molecule has 0 aromatic heterocycles. The number of hydrogen-bond acceptors (Lipinski definition) is 3. The lowest BCUT2D eigenvalue weighted by Gasteiger charge is -1.98. The molecule has 0 spiro atoms. The molecule has 0 heterocycles. The number of aromatic hydroxyl groups is 3. The summed E-state index contributed by atoms with van der Waals surface area (Å²) in [6.45, 7) is 0.